The summed E-state index contributed by atoms with van der Waals surface area (Å²) in [5.74, 6) is 1.81. The molecule has 1 fully saturated rings. The van der Waals surface area contributed by atoms with Gasteiger partial charge in [-0.2, -0.15) is 0 Å². The van der Waals surface area contributed by atoms with E-state index in [2.05, 4.69) is 25.1 Å². The van der Waals surface area contributed by atoms with Gasteiger partial charge in [-0.15, -0.1) is 11.6 Å². The van der Waals surface area contributed by atoms with Crippen LogP contribution in [0.4, 0.5) is 0 Å². The minimum atomic E-state index is 0.356. The Labute approximate surface area is 109 Å². The van der Waals surface area contributed by atoms with Crippen LogP contribution in [0.25, 0.3) is 0 Å². The van der Waals surface area contributed by atoms with Crippen LogP contribution in [0.1, 0.15) is 38.2 Å². The van der Waals surface area contributed by atoms with E-state index in [-0.39, 0.29) is 0 Å². The SMILES string of the molecule is CCCOc1ccccc1CCC(Cl)C1CC1. The molecule has 1 aliphatic rings. The summed E-state index contributed by atoms with van der Waals surface area (Å²) in [4.78, 5) is 0. The molecule has 1 atom stereocenters. The van der Waals surface area contributed by atoms with Crippen LogP contribution in [0.15, 0.2) is 24.3 Å². The monoisotopic (exact) mass is 252 g/mol. The molecule has 2 heteroatoms. The zero-order valence-electron chi connectivity index (χ0n) is 10.5. The quantitative estimate of drug-likeness (QED) is 0.653. The summed E-state index contributed by atoms with van der Waals surface area (Å²) in [6.45, 7) is 2.93. The molecule has 1 aliphatic carbocycles. The molecule has 1 aromatic rings. The van der Waals surface area contributed by atoms with Gasteiger partial charge in [-0.25, -0.2) is 0 Å². The summed E-state index contributed by atoms with van der Waals surface area (Å²) in [5, 5.41) is 0.356. The van der Waals surface area contributed by atoms with Crippen LogP contribution in [0, 0.1) is 5.92 Å². The molecule has 1 aromatic carbocycles. The van der Waals surface area contributed by atoms with Crippen molar-refractivity contribution in [2.45, 2.75) is 44.4 Å². The molecule has 1 saturated carbocycles. The van der Waals surface area contributed by atoms with Crippen molar-refractivity contribution >= 4 is 11.6 Å². The lowest BCUT2D eigenvalue weighted by Crippen LogP contribution is -2.05. The molecule has 0 aromatic heterocycles. The molecule has 0 radical (unpaired) electrons. The second-order valence-corrected chi connectivity index (χ2v) is 5.41. The number of ether oxygens (including phenoxy) is 1. The highest BCUT2D eigenvalue weighted by Gasteiger charge is 2.29. The summed E-state index contributed by atoms with van der Waals surface area (Å²) < 4.78 is 5.75. The van der Waals surface area contributed by atoms with E-state index < -0.39 is 0 Å². The average molecular weight is 253 g/mol. The minimum absolute atomic E-state index is 0.356. The zero-order chi connectivity index (χ0) is 12.1. The van der Waals surface area contributed by atoms with Crippen molar-refractivity contribution in [2.24, 2.45) is 5.92 Å². The number of para-hydroxylation sites is 1. The van der Waals surface area contributed by atoms with Gasteiger partial charge in [-0.3, -0.25) is 0 Å². The Morgan fingerprint density at radius 3 is 2.82 bits per heavy atom. The third-order valence-electron chi connectivity index (χ3n) is 3.26. The normalized spacial score (nSPS) is 16.8. The molecule has 2 rings (SSSR count). The Hall–Kier alpha value is -0.690. The maximum atomic E-state index is 6.34. The topological polar surface area (TPSA) is 9.23 Å². The van der Waals surface area contributed by atoms with Crippen molar-refractivity contribution in [3.8, 4) is 5.75 Å². The van der Waals surface area contributed by atoms with Gasteiger partial charge < -0.3 is 4.74 Å². The van der Waals surface area contributed by atoms with Crippen molar-refractivity contribution < 1.29 is 4.74 Å². The molecule has 94 valence electrons. The van der Waals surface area contributed by atoms with Gasteiger partial charge in [0, 0.05) is 5.38 Å². The van der Waals surface area contributed by atoms with Crippen molar-refractivity contribution in [3.05, 3.63) is 29.8 Å². The van der Waals surface area contributed by atoms with E-state index in [0.29, 0.717) is 5.38 Å². The Morgan fingerprint density at radius 2 is 2.12 bits per heavy atom. The lowest BCUT2D eigenvalue weighted by atomic mass is 10.1. The number of hydrogen-bond donors (Lipinski definition) is 0. The van der Waals surface area contributed by atoms with E-state index in [0.717, 1.165) is 37.5 Å². The van der Waals surface area contributed by atoms with Gasteiger partial charge in [0.05, 0.1) is 6.61 Å². The molecule has 0 aliphatic heterocycles. The first-order chi connectivity index (χ1) is 8.31. The van der Waals surface area contributed by atoms with Crippen molar-refractivity contribution in [1.82, 2.24) is 0 Å². The van der Waals surface area contributed by atoms with Crippen molar-refractivity contribution in [3.63, 3.8) is 0 Å². The van der Waals surface area contributed by atoms with Gasteiger partial charge in [0.2, 0.25) is 0 Å². The predicted molar refractivity (Wildman–Crippen MR) is 72.9 cm³/mol. The van der Waals surface area contributed by atoms with Crippen LogP contribution in [0.2, 0.25) is 0 Å². The van der Waals surface area contributed by atoms with Gasteiger partial charge in [-0.1, -0.05) is 25.1 Å². The zero-order valence-corrected chi connectivity index (χ0v) is 11.2. The second-order valence-electron chi connectivity index (χ2n) is 4.85. The summed E-state index contributed by atoms with van der Waals surface area (Å²) in [6, 6.07) is 8.33. The lowest BCUT2D eigenvalue weighted by Gasteiger charge is -2.12. The van der Waals surface area contributed by atoms with Gasteiger partial charge in [0.1, 0.15) is 5.75 Å². The van der Waals surface area contributed by atoms with E-state index in [1.807, 2.05) is 6.07 Å². The van der Waals surface area contributed by atoms with Crippen molar-refractivity contribution in [2.75, 3.05) is 6.61 Å². The third kappa shape index (κ3) is 3.92. The number of rotatable bonds is 7. The summed E-state index contributed by atoms with van der Waals surface area (Å²) in [6.07, 6.45) is 5.79. The largest absolute Gasteiger partial charge is 0.493 e. The van der Waals surface area contributed by atoms with E-state index in [9.17, 15) is 0 Å². The van der Waals surface area contributed by atoms with Crippen LogP contribution in [0.5, 0.6) is 5.75 Å². The maximum Gasteiger partial charge on any atom is 0.122 e. The van der Waals surface area contributed by atoms with E-state index in [1.54, 1.807) is 0 Å². The highest BCUT2D eigenvalue weighted by Crippen LogP contribution is 2.38. The van der Waals surface area contributed by atoms with Gasteiger partial charge >= 0.3 is 0 Å². The fourth-order valence-corrected chi connectivity index (χ4v) is 2.41. The smallest absolute Gasteiger partial charge is 0.122 e. The van der Waals surface area contributed by atoms with E-state index in [4.69, 9.17) is 16.3 Å². The first kappa shape index (κ1) is 12.8. The number of halogens is 1. The standard InChI is InChI=1S/C15H21ClO/c1-2-11-17-15-6-4-3-5-13(15)9-10-14(16)12-7-8-12/h3-6,12,14H,2,7-11H2,1H3. The maximum absolute atomic E-state index is 6.34. The third-order valence-corrected chi connectivity index (χ3v) is 3.83. The van der Waals surface area contributed by atoms with Crippen LogP contribution < -0.4 is 4.74 Å². The Bertz CT molecular complexity index is 347. The highest BCUT2D eigenvalue weighted by atomic mass is 35.5. The Balaban J connectivity index is 1.89. The fourth-order valence-electron chi connectivity index (χ4n) is 2.05. The second kappa shape index (κ2) is 6.30. The van der Waals surface area contributed by atoms with Gasteiger partial charge in [-0.05, 0) is 49.7 Å². The molecule has 17 heavy (non-hydrogen) atoms. The molecule has 0 bridgehead atoms. The van der Waals surface area contributed by atoms with Crippen LogP contribution in [-0.4, -0.2) is 12.0 Å². The number of benzene rings is 1. The predicted octanol–water partition coefficient (Wildman–Crippen LogP) is 4.43. The lowest BCUT2D eigenvalue weighted by molar-refractivity contribution is 0.314. The number of hydrogen-bond acceptors (Lipinski definition) is 1. The number of alkyl halides is 1. The molecule has 0 spiro atoms. The summed E-state index contributed by atoms with van der Waals surface area (Å²) in [7, 11) is 0. The van der Waals surface area contributed by atoms with Gasteiger partial charge in [0.25, 0.3) is 0 Å². The molecule has 0 heterocycles. The highest BCUT2D eigenvalue weighted by molar-refractivity contribution is 6.20. The minimum Gasteiger partial charge on any atom is -0.493 e. The van der Waals surface area contributed by atoms with E-state index in [1.165, 1.54) is 18.4 Å². The molecule has 1 nitrogen and oxygen atoms in total. The first-order valence-electron chi connectivity index (χ1n) is 6.66. The molecule has 0 N–H and O–H groups in total. The van der Waals surface area contributed by atoms with Crippen LogP contribution >= 0.6 is 11.6 Å². The fraction of sp³-hybridized carbons (Fsp3) is 0.600. The van der Waals surface area contributed by atoms with Crippen LogP contribution in [-0.2, 0) is 6.42 Å². The van der Waals surface area contributed by atoms with E-state index >= 15 is 0 Å². The first-order valence-corrected chi connectivity index (χ1v) is 7.09. The summed E-state index contributed by atoms with van der Waals surface area (Å²) >= 11 is 6.34. The van der Waals surface area contributed by atoms with Crippen LogP contribution in [0.3, 0.4) is 0 Å². The molecular formula is C15H21ClO. The van der Waals surface area contributed by atoms with Crippen molar-refractivity contribution in [1.29, 1.82) is 0 Å². The molecule has 0 amide bonds. The molecular weight excluding hydrogens is 232 g/mol. The summed E-state index contributed by atoms with van der Waals surface area (Å²) in [5.41, 5.74) is 1.30. The Morgan fingerprint density at radius 1 is 1.35 bits per heavy atom. The number of aryl methyl sites for hydroxylation is 1. The molecule has 1 unspecified atom stereocenters. The van der Waals surface area contributed by atoms with Gasteiger partial charge in [0.15, 0.2) is 0 Å². The average Bonchev–Trinajstić information content (AvgIpc) is 3.18. The molecule has 0 saturated heterocycles. The Kier molecular flexibility index (Phi) is 4.73.